The van der Waals surface area contributed by atoms with Crippen molar-refractivity contribution < 1.29 is 4.79 Å². The summed E-state index contributed by atoms with van der Waals surface area (Å²) in [6.45, 7) is 7.61. The van der Waals surface area contributed by atoms with E-state index in [9.17, 15) is 4.79 Å². The van der Waals surface area contributed by atoms with Gasteiger partial charge in [0, 0.05) is 50.9 Å². The molecule has 1 amide bonds. The molecule has 1 aromatic heterocycles. The normalized spacial score (nSPS) is 18.6. The summed E-state index contributed by atoms with van der Waals surface area (Å²) in [5, 5.41) is 8.04. The highest BCUT2D eigenvalue weighted by molar-refractivity contribution is 5.73. The van der Waals surface area contributed by atoms with Gasteiger partial charge in [-0.2, -0.15) is 5.10 Å². The molecule has 1 saturated heterocycles. The van der Waals surface area contributed by atoms with Crippen molar-refractivity contribution in [3.05, 3.63) is 17.5 Å². The van der Waals surface area contributed by atoms with Crippen LogP contribution in [0.1, 0.15) is 44.0 Å². The van der Waals surface area contributed by atoms with Crippen LogP contribution in [0, 0.1) is 6.92 Å². The van der Waals surface area contributed by atoms with Crippen LogP contribution in [0.15, 0.2) is 6.20 Å². The van der Waals surface area contributed by atoms with Crippen LogP contribution in [0.2, 0.25) is 0 Å². The van der Waals surface area contributed by atoms with Crippen molar-refractivity contribution in [2.24, 2.45) is 7.05 Å². The van der Waals surface area contributed by atoms with E-state index in [4.69, 9.17) is 0 Å². The van der Waals surface area contributed by atoms with Crippen LogP contribution in [0.3, 0.4) is 0 Å². The van der Waals surface area contributed by atoms with Crippen molar-refractivity contribution in [2.75, 3.05) is 13.1 Å². The molecule has 1 N–H and O–H groups in total. The zero-order chi connectivity index (χ0) is 14.0. The molecule has 2 rings (SSSR count). The summed E-state index contributed by atoms with van der Waals surface area (Å²) in [6.07, 6.45) is 4.14. The molecule has 1 fully saturated rings. The quantitative estimate of drug-likeness (QED) is 0.897. The van der Waals surface area contributed by atoms with E-state index in [1.54, 1.807) is 6.92 Å². The molecule has 2 heterocycles. The predicted octanol–water partition coefficient (Wildman–Crippen LogP) is 1.39. The minimum Gasteiger partial charge on any atom is -0.343 e. The van der Waals surface area contributed by atoms with Crippen LogP contribution in [0.5, 0.6) is 0 Å². The molecule has 0 radical (unpaired) electrons. The van der Waals surface area contributed by atoms with E-state index < -0.39 is 0 Å². The third-order valence-corrected chi connectivity index (χ3v) is 3.94. The Morgan fingerprint density at radius 2 is 2.11 bits per heavy atom. The Bertz CT molecular complexity index is 446. The minimum absolute atomic E-state index is 0.189. The Morgan fingerprint density at radius 1 is 1.47 bits per heavy atom. The number of carbonyl (C=O) groups is 1. The van der Waals surface area contributed by atoms with Crippen LogP contribution in [-0.4, -0.2) is 39.7 Å². The summed E-state index contributed by atoms with van der Waals surface area (Å²) >= 11 is 0. The fourth-order valence-electron chi connectivity index (χ4n) is 2.85. The van der Waals surface area contributed by atoms with Gasteiger partial charge in [0.2, 0.25) is 5.91 Å². The van der Waals surface area contributed by atoms with Gasteiger partial charge in [0.25, 0.3) is 0 Å². The molecule has 1 aliphatic rings. The van der Waals surface area contributed by atoms with Crippen molar-refractivity contribution in [1.82, 2.24) is 20.0 Å². The monoisotopic (exact) mass is 264 g/mol. The number of hydrogen-bond acceptors (Lipinski definition) is 3. The Labute approximate surface area is 115 Å². The molecule has 0 bridgehead atoms. The Balaban J connectivity index is 1.89. The van der Waals surface area contributed by atoms with E-state index >= 15 is 0 Å². The van der Waals surface area contributed by atoms with Gasteiger partial charge in [-0.15, -0.1) is 0 Å². The lowest BCUT2D eigenvalue weighted by Crippen LogP contribution is -2.44. The van der Waals surface area contributed by atoms with Crippen molar-refractivity contribution in [1.29, 1.82) is 0 Å². The molecule has 1 aromatic rings. The van der Waals surface area contributed by atoms with Gasteiger partial charge < -0.3 is 10.2 Å². The largest absolute Gasteiger partial charge is 0.343 e. The number of aryl methyl sites for hydroxylation is 2. The Kier molecular flexibility index (Phi) is 4.24. The van der Waals surface area contributed by atoms with Crippen LogP contribution in [0.4, 0.5) is 0 Å². The van der Waals surface area contributed by atoms with E-state index in [0.717, 1.165) is 31.6 Å². The van der Waals surface area contributed by atoms with Gasteiger partial charge in [-0.05, 0) is 26.7 Å². The van der Waals surface area contributed by atoms with Crippen molar-refractivity contribution in [3.63, 3.8) is 0 Å². The average Bonchev–Trinajstić information content (AvgIpc) is 2.69. The molecule has 0 aromatic carbocycles. The molecule has 0 saturated carbocycles. The summed E-state index contributed by atoms with van der Waals surface area (Å²) in [4.78, 5) is 13.2. The van der Waals surface area contributed by atoms with Gasteiger partial charge >= 0.3 is 0 Å². The van der Waals surface area contributed by atoms with Gasteiger partial charge in [-0.1, -0.05) is 0 Å². The summed E-state index contributed by atoms with van der Waals surface area (Å²) in [7, 11) is 1.95. The molecule has 0 spiro atoms. The topological polar surface area (TPSA) is 50.2 Å². The third-order valence-electron chi connectivity index (χ3n) is 3.94. The Hall–Kier alpha value is -1.36. The van der Waals surface area contributed by atoms with Gasteiger partial charge in [0.15, 0.2) is 0 Å². The zero-order valence-corrected chi connectivity index (χ0v) is 12.3. The van der Waals surface area contributed by atoms with Crippen molar-refractivity contribution in [2.45, 2.75) is 45.7 Å². The second-order valence-electron chi connectivity index (χ2n) is 5.51. The zero-order valence-electron chi connectivity index (χ0n) is 12.3. The van der Waals surface area contributed by atoms with E-state index in [1.807, 2.05) is 23.6 Å². The lowest BCUT2D eigenvalue weighted by Gasteiger charge is -2.33. The van der Waals surface area contributed by atoms with E-state index in [-0.39, 0.29) is 5.91 Å². The molecule has 5 heteroatoms. The molecule has 5 nitrogen and oxygen atoms in total. The summed E-state index contributed by atoms with van der Waals surface area (Å²) in [6, 6.07) is 0.799. The highest BCUT2D eigenvalue weighted by Gasteiger charge is 2.22. The van der Waals surface area contributed by atoms with Crippen LogP contribution >= 0.6 is 0 Å². The smallest absolute Gasteiger partial charge is 0.219 e. The highest BCUT2D eigenvalue weighted by Crippen LogP contribution is 2.19. The average molecular weight is 264 g/mol. The second-order valence-corrected chi connectivity index (χ2v) is 5.51. The number of likely N-dealkylation sites (tertiary alicyclic amines) is 1. The maximum atomic E-state index is 11.3. The maximum Gasteiger partial charge on any atom is 0.219 e. The molecule has 1 aliphatic heterocycles. The summed E-state index contributed by atoms with van der Waals surface area (Å²) < 4.78 is 1.86. The number of nitrogens with zero attached hydrogens (tertiary/aromatic N) is 3. The number of aromatic nitrogens is 2. The van der Waals surface area contributed by atoms with Gasteiger partial charge in [-0.25, -0.2) is 0 Å². The van der Waals surface area contributed by atoms with Gasteiger partial charge in [0.1, 0.15) is 0 Å². The molecule has 19 heavy (non-hydrogen) atoms. The summed E-state index contributed by atoms with van der Waals surface area (Å²) in [5.74, 6) is 0.189. The number of carbonyl (C=O) groups excluding carboxylic acids is 1. The highest BCUT2D eigenvalue weighted by atomic mass is 16.2. The second kappa shape index (κ2) is 5.74. The standard InChI is InChI=1S/C14H24N4O/c1-10(14-9-17(4)16-11(14)2)15-13-5-7-18(8-6-13)12(3)19/h9-10,13,15H,5-8H2,1-4H3. The van der Waals surface area contributed by atoms with E-state index in [0.29, 0.717) is 12.1 Å². The van der Waals surface area contributed by atoms with E-state index in [2.05, 4.69) is 23.5 Å². The number of hydrogen-bond donors (Lipinski definition) is 1. The molecular weight excluding hydrogens is 240 g/mol. The van der Waals surface area contributed by atoms with Crippen molar-refractivity contribution >= 4 is 5.91 Å². The first-order chi connectivity index (χ1) is 8.97. The lowest BCUT2D eigenvalue weighted by atomic mass is 10.0. The molecular formula is C14H24N4O. The van der Waals surface area contributed by atoms with Gasteiger partial charge in [0.05, 0.1) is 5.69 Å². The molecule has 1 atom stereocenters. The number of amides is 1. The first-order valence-corrected chi connectivity index (χ1v) is 6.99. The fourth-order valence-corrected chi connectivity index (χ4v) is 2.85. The van der Waals surface area contributed by atoms with Crippen LogP contribution in [-0.2, 0) is 11.8 Å². The first kappa shape index (κ1) is 14.1. The van der Waals surface area contributed by atoms with Crippen LogP contribution < -0.4 is 5.32 Å². The van der Waals surface area contributed by atoms with Crippen molar-refractivity contribution in [3.8, 4) is 0 Å². The van der Waals surface area contributed by atoms with Gasteiger partial charge in [-0.3, -0.25) is 9.48 Å². The number of nitrogens with one attached hydrogen (secondary N) is 1. The van der Waals surface area contributed by atoms with E-state index in [1.165, 1.54) is 5.56 Å². The predicted molar refractivity (Wildman–Crippen MR) is 74.8 cm³/mol. The number of rotatable bonds is 3. The number of piperidine rings is 1. The maximum absolute atomic E-state index is 11.3. The summed E-state index contributed by atoms with van der Waals surface area (Å²) in [5.41, 5.74) is 2.35. The Morgan fingerprint density at radius 3 is 2.58 bits per heavy atom. The molecule has 106 valence electrons. The molecule has 0 aliphatic carbocycles. The third kappa shape index (κ3) is 3.35. The molecule has 1 unspecified atom stereocenters. The minimum atomic E-state index is 0.189. The van der Waals surface area contributed by atoms with Crippen LogP contribution in [0.25, 0.3) is 0 Å². The first-order valence-electron chi connectivity index (χ1n) is 6.99. The fraction of sp³-hybridized carbons (Fsp3) is 0.714. The lowest BCUT2D eigenvalue weighted by molar-refractivity contribution is -0.129. The SMILES string of the molecule is CC(=O)N1CCC(NC(C)c2cn(C)nc2C)CC1.